The normalized spacial score (nSPS) is 14.1. The first-order valence-corrected chi connectivity index (χ1v) is 4.76. The van der Waals surface area contributed by atoms with Gasteiger partial charge in [-0.15, -0.1) is 0 Å². The molecule has 0 amide bonds. The molecule has 5 nitrogen and oxygen atoms in total. The summed E-state index contributed by atoms with van der Waals surface area (Å²) in [5, 5.41) is 0. The van der Waals surface area contributed by atoms with Crippen molar-refractivity contribution in [2.75, 3.05) is 27.4 Å². The summed E-state index contributed by atoms with van der Waals surface area (Å²) in [7, 11) is 2.66. The molecule has 0 aliphatic carbocycles. The molecule has 0 bridgehead atoms. The van der Waals surface area contributed by atoms with Crippen LogP contribution in [-0.2, 0) is 23.8 Å². The zero-order valence-corrected chi connectivity index (χ0v) is 9.61. The third-order valence-corrected chi connectivity index (χ3v) is 1.94. The number of esters is 2. The van der Waals surface area contributed by atoms with Gasteiger partial charge in [-0.05, 0) is 13.8 Å². The first-order valence-electron chi connectivity index (χ1n) is 4.76. The Labute approximate surface area is 89.7 Å². The summed E-state index contributed by atoms with van der Waals surface area (Å²) < 4.78 is 14.3. The Morgan fingerprint density at radius 2 is 1.27 bits per heavy atom. The van der Waals surface area contributed by atoms with Crippen molar-refractivity contribution in [2.24, 2.45) is 11.8 Å². The summed E-state index contributed by atoms with van der Waals surface area (Å²) in [6, 6.07) is 0. The topological polar surface area (TPSA) is 61.8 Å². The van der Waals surface area contributed by atoms with E-state index in [4.69, 9.17) is 4.74 Å². The Hall–Kier alpha value is -1.10. The zero-order chi connectivity index (χ0) is 11.8. The van der Waals surface area contributed by atoms with Crippen molar-refractivity contribution < 1.29 is 23.8 Å². The number of carbonyl (C=O) groups is 2. The van der Waals surface area contributed by atoms with Crippen LogP contribution in [0.5, 0.6) is 0 Å². The van der Waals surface area contributed by atoms with Crippen molar-refractivity contribution >= 4 is 11.9 Å². The molecule has 0 aliphatic rings. The third-order valence-electron chi connectivity index (χ3n) is 1.94. The van der Waals surface area contributed by atoms with E-state index in [2.05, 4.69) is 9.47 Å². The van der Waals surface area contributed by atoms with Gasteiger partial charge in [0, 0.05) is 0 Å². The van der Waals surface area contributed by atoms with Gasteiger partial charge in [-0.25, -0.2) is 0 Å². The first-order chi connectivity index (χ1) is 7.02. The maximum Gasteiger partial charge on any atom is 0.310 e. The molecule has 0 spiro atoms. The minimum absolute atomic E-state index is 0.244. The largest absolute Gasteiger partial charge is 0.469 e. The van der Waals surface area contributed by atoms with E-state index in [0.717, 1.165) is 0 Å². The molecule has 0 aliphatic heterocycles. The lowest BCUT2D eigenvalue weighted by Crippen LogP contribution is -2.23. The van der Waals surface area contributed by atoms with Crippen LogP contribution in [0.2, 0.25) is 0 Å². The van der Waals surface area contributed by atoms with Crippen LogP contribution in [0.15, 0.2) is 0 Å². The van der Waals surface area contributed by atoms with Gasteiger partial charge in [-0.2, -0.15) is 0 Å². The summed E-state index contributed by atoms with van der Waals surface area (Å²) >= 11 is 0. The molecule has 0 radical (unpaired) electrons. The first kappa shape index (κ1) is 13.9. The molecule has 0 aromatic carbocycles. The van der Waals surface area contributed by atoms with E-state index in [1.165, 1.54) is 14.2 Å². The smallest absolute Gasteiger partial charge is 0.310 e. The van der Waals surface area contributed by atoms with Crippen molar-refractivity contribution in [3.05, 3.63) is 0 Å². The van der Waals surface area contributed by atoms with Crippen molar-refractivity contribution in [3.8, 4) is 0 Å². The number of carbonyl (C=O) groups excluding carboxylic acids is 2. The van der Waals surface area contributed by atoms with Crippen LogP contribution in [0.4, 0.5) is 0 Å². The molecule has 5 heteroatoms. The predicted molar refractivity (Wildman–Crippen MR) is 53.2 cm³/mol. The van der Waals surface area contributed by atoms with Gasteiger partial charge in [0.15, 0.2) is 0 Å². The predicted octanol–water partition coefficient (Wildman–Crippen LogP) is 0.621. The second-order valence-electron chi connectivity index (χ2n) is 3.39. The van der Waals surface area contributed by atoms with Gasteiger partial charge in [0.25, 0.3) is 0 Å². The summed E-state index contributed by atoms with van der Waals surface area (Å²) in [6.07, 6.45) is 0. The van der Waals surface area contributed by atoms with Gasteiger partial charge in [0.1, 0.15) is 0 Å². The Balaban J connectivity index is 3.70. The Bertz CT molecular complexity index is 192. The highest BCUT2D eigenvalue weighted by molar-refractivity contribution is 5.72. The number of methoxy groups -OCH3 is 2. The number of ether oxygens (including phenoxy) is 3. The van der Waals surface area contributed by atoms with Crippen LogP contribution in [-0.4, -0.2) is 39.4 Å². The summed E-state index contributed by atoms with van der Waals surface area (Å²) in [5.74, 6) is -1.28. The molecule has 0 rings (SSSR count). The maximum absolute atomic E-state index is 11.0. The Morgan fingerprint density at radius 1 is 0.933 bits per heavy atom. The van der Waals surface area contributed by atoms with E-state index in [1.807, 2.05) is 0 Å². The number of hydrogen-bond acceptors (Lipinski definition) is 5. The van der Waals surface area contributed by atoms with Crippen molar-refractivity contribution in [3.63, 3.8) is 0 Å². The minimum atomic E-state index is -0.320. The summed E-state index contributed by atoms with van der Waals surface area (Å²) in [5.41, 5.74) is 0. The average Bonchev–Trinajstić information content (AvgIpc) is 2.26. The van der Waals surface area contributed by atoms with Crippen LogP contribution in [0.1, 0.15) is 13.8 Å². The van der Waals surface area contributed by atoms with Crippen LogP contribution >= 0.6 is 0 Å². The van der Waals surface area contributed by atoms with Gasteiger partial charge in [0.05, 0.1) is 39.3 Å². The highest BCUT2D eigenvalue weighted by Crippen LogP contribution is 2.03. The molecule has 0 fully saturated rings. The van der Waals surface area contributed by atoms with Crippen LogP contribution in [0.3, 0.4) is 0 Å². The lowest BCUT2D eigenvalue weighted by Gasteiger charge is -2.12. The Morgan fingerprint density at radius 3 is 1.53 bits per heavy atom. The summed E-state index contributed by atoms with van der Waals surface area (Å²) in [4.78, 5) is 22.0. The zero-order valence-electron chi connectivity index (χ0n) is 9.61. The molecule has 2 unspecified atom stereocenters. The molecule has 15 heavy (non-hydrogen) atoms. The van der Waals surface area contributed by atoms with E-state index in [-0.39, 0.29) is 37.0 Å². The molecule has 0 aromatic rings. The van der Waals surface area contributed by atoms with Crippen molar-refractivity contribution in [1.29, 1.82) is 0 Å². The van der Waals surface area contributed by atoms with E-state index < -0.39 is 0 Å². The second-order valence-corrected chi connectivity index (χ2v) is 3.39. The fraction of sp³-hybridized carbons (Fsp3) is 0.800. The molecule has 0 saturated heterocycles. The highest BCUT2D eigenvalue weighted by Gasteiger charge is 2.16. The quantitative estimate of drug-likeness (QED) is 0.612. The number of rotatable bonds is 6. The molecule has 0 heterocycles. The van der Waals surface area contributed by atoms with E-state index >= 15 is 0 Å². The van der Waals surface area contributed by atoms with Gasteiger partial charge in [0.2, 0.25) is 0 Å². The lowest BCUT2D eigenvalue weighted by molar-refractivity contribution is -0.149. The van der Waals surface area contributed by atoms with Crippen molar-refractivity contribution in [1.82, 2.24) is 0 Å². The number of hydrogen-bond donors (Lipinski definition) is 0. The second kappa shape index (κ2) is 7.23. The molecule has 0 N–H and O–H groups in total. The molecule has 0 aromatic heterocycles. The van der Waals surface area contributed by atoms with E-state index in [1.54, 1.807) is 13.8 Å². The van der Waals surface area contributed by atoms with Gasteiger partial charge in [-0.3, -0.25) is 9.59 Å². The molecule has 2 atom stereocenters. The summed E-state index contributed by atoms with van der Waals surface area (Å²) in [6.45, 7) is 3.89. The minimum Gasteiger partial charge on any atom is -0.469 e. The molecule has 0 saturated carbocycles. The fourth-order valence-corrected chi connectivity index (χ4v) is 0.960. The average molecular weight is 218 g/mol. The van der Waals surface area contributed by atoms with Crippen LogP contribution in [0.25, 0.3) is 0 Å². The van der Waals surface area contributed by atoms with Gasteiger partial charge >= 0.3 is 11.9 Å². The highest BCUT2D eigenvalue weighted by atomic mass is 16.5. The van der Waals surface area contributed by atoms with Crippen LogP contribution < -0.4 is 0 Å². The molecular formula is C10H18O5. The molecular weight excluding hydrogens is 200 g/mol. The van der Waals surface area contributed by atoms with Gasteiger partial charge in [-0.1, -0.05) is 0 Å². The van der Waals surface area contributed by atoms with E-state index in [9.17, 15) is 9.59 Å². The fourth-order valence-electron chi connectivity index (χ4n) is 0.960. The third kappa shape index (κ3) is 5.37. The molecule has 88 valence electrons. The monoisotopic (exact) mass is 218 g/mol. The Kier molecular flexibility index (Phi) is 6.70. The lowest BCUT2D eigenvalue weighted by atomic mass is 10.2. The van der Waals surface area contributed by atoms with Crippen LogP contribution in [0, 0.1) is 11.8 Å². The van der Waals surface area contributed by atoms with E-state index in [0.29, 0.717) is 0 Å². The standard InChI is InChI=1S/C10H18O5/c1-7(9(11)13-3)5-15-6-8(2)10(12)14-4/h7-8H,5-6H2,1-4H3. The van der Waals surface area contributed by atoms with Gasteiger partial charge < -0.3 is 14.2 Å². The van der Waals surface area contributed by atoms with Crippen molar-refractivity contribution in [2.45, 2.75) is 13.8 Å². The SMILES string of the molecule is COC(=O)C(C)COCC(C)C(=O)OC. The maximum atomic E-state index is 11.0.